The van der Waals surface area contributed by atoms with Crippen molar-refractivity contribution >= 4 is 17.5 Å². The number of rotatable bonds is 8. The molecule has 0 saturated carbocycles. The molecule has 0 aromatic heterocycles. The maximum Gasteiger partial charge on any atom is 0.224 e. The van der Waals surface area contributed by atoms with Crippen molar-refractivity contribution in [3.63, 3.8) is 0 Å². The first kappa shape index (κ1) is 21.4. The molecule has 1 saturated heterocycles. The van der Waals surface area contributed by atoms with Crippen molar-refractivity contribution < 1.29 is 19.0 Å². The van der Waals surface area contributed by atoms with Crippen LogP contribution in [0.15, 0.2) is 42.5 Å². The summed E-state index contributed by atoms with van der Waals surface area (Å²) in [5.74, 6) is 1.34. The molecule has 6 nitrogen and oxygen atoms in total. The van der Waals surface area contributed by atoms with Crippen LogP contribution in [0.3, 0.4) is 0 Å². The third-order valence-corrected chi connectivity index (χ3v) is 5.30. The second-order valence-electron chi connectivity index (χ2n) is 6.89. The van der Waals surface area contributed by atoms with Crippen LogP contribution in [0.4, 0.5) is 0 Å². The van der Waals surface area contributed by atoms with E-state index in [1.54, 1.807) is 26.4 Å². The average molecular weight is 419 g/mol. The maximum absolute atomic E-state index is 12.5. The Morgan fingerprint density at radius 3 is 2.45 bits per heavy atom. The van der Waals surface area contributed by atoms with Gasteiger partial charge in [-0.2, -0.15) is 0 Å². The molecule has 1 fully saturated rings. The van der Waals surface area contributed by atoms with Crippen LogP contribution in [0.5, 0.6) is 11.5 Å². The summed E-state index contributed by atoms with van der Waals surface area (Å²) < 4.78 is 16.3. The maximum atomic E-state index is 12.5. The van der Waals surface area contributed by atoms with Crippen LogP contribution in [0.1, 0.15) is 17.2 Å². The minimum atomic E-state index is -0.0222. The van der Waals surface area contributed by atoms with Gasteiger partial charge in [-0.15, -0.1) is 0 Å². The largest absolute Gasteiger partial charge is 0.493 e. The quantitative estimate of drug-likeness (QED) is 0.713. The minimum Gasteiger partial charge on any atom is -0.493 e. The van der Waals surface area contributed by atoms with Gasteiger partial charge in [-0.1, -0.05) is 29.8 Å². The van der Waals surface area contributed by atoms with E-state index in [0.717, 1.165) is 24.2 Å². The van der Waals surface area contributed by atoms with E-state index in [1.807, 2.05) is 30.3 Å². The van der Waals surface area contributed by atoms with Crippen molar-refractivity contribution in [3.05, 3.63) is 58.6 Å². The van der Waals surface area contributed by atoms with Gasteiger partial charge in [0.25, 0.3) is 0 Å². The smallest absolute Gasteiger partial charge is 0.224 e. The number of methoxy groups -OCH3 is 2. The van der Waals surface area contributed by atoms with Crippen molar-refractivity contribution in [3.8, 4) is 11.5 Å². The van der Waals surface area contributed by atoms with E-state index in [9.17, 15) is 4.79 Å². The summed E-state index contributed by atoms with van der Waals surface area (Å²) in [6.45, 7) is 3.49. The molecule has 156 valence electrons. The minimum absolute atomic E-state index is 0.0212. The second kappa shape index (κ2) is 10.5. The fourth-order valence-corrected chi connectivity index (χ4v) is 3.59. The average Bonchev–Trinajstić information content (AvgIpc) is 2.76. The van der Waals surface area contributed by atoms with E-state index >= 15 is 0 Å². The van der Waals surface area contributed by atoms with E-state index in [1.165, 1.54) is 0 Å². The number of halogens is 1. The Hall–Kier alpha value is -2.28. The molecule has 0 bridgehead atoms. The van der Waals surface area contributed by atoms with Crippen molar-refractivity contribution in [1.29, 1.82) is 0 Å². The molecule has 7 heteroatoms. The fraction of sp³-hybridized carbons (Fsp3) is 0.409. The van der Waals surface area contributed by atoms with Gasteiger partial charge in [0.05, 0.1) is 39.9 Å². The van der Waals surface area contributed by atoms with Crippen LogP contribution < -0.4 is 14.8 Å². The Labute approximate surface area is 176 Å². The lowest BCUT2D eigenvalue weighted by Crippen LogP contribution is -2.44. The molecular formula is C22H27ClN2O4. The van der Waals surface area contributed by atoms with Gasteiger partial charge in [0.1, 0.15) is 0 Å². The highest BCUT2D eigenvalue weighted by molar-refractivity contribution is 6.30. The second-order valence-corrected chi connectivity index (χ2v) is 7.32. The third kappa shape index (κ3) is 5.85. The Kier molecular flexibility index (Phi) is 7.75. The number of hydrogen-bond donors (Lipinski definition) is 1. The Bertz CT molecular complexity index is 807. The Morgan fingerprint density at radius 1 is 1.10 bits per heavy atom. The molecule has 1 unspecified atom stereocenters. The van der Waals surface area contributed by atoms with Gasteiger partial charge in [0.15, 0.2) is 11.5 Å². The predicted molar refractivity (Wildman–Crippen MR) is 113 cm³/mol. The van der Waals surface area contributed by atoms with Crippen LogP contribution in [-0.4, -0.2) is 57.9 Å². The highest BCUT2D eigenvalue weighted by atomic mass is 35.5. The summed E-state index contributed by atoms with van der Waals surface area (Å²) in [5, 5.41) is 3.74. The molecule has 0 radical (unpaired) electrons. The van der Waals surface area contributed by atoms with Crippen LogP contribution >= 0.6 is 11.6 Å². The van der Waals surface area contributed by atoms with E-state index in [0.29, 0.717) is 42.7 Å². The molecule has 1 N–H and O–H groups in total. The number of amides is 1. The molecule has 1 amide bonds. The number of benzene rings is 2. The normalized spacial score (nSPS) is 15.6. The summed E-state index contributed by atoms with van der Waals surface area (Å²) in [6.07, 6.45) is 0.318. The van der Waals surface area contributed by atoms with E-state index in [-0.39, 0.29) is 11.9 Å². The van der Waals surface area contributed by atoms with Gasteiger partial charge in [-0.25, -0.2) is 0 Å². The Morgan fingerprint density at radius 2 is 1.79 bits per heavy atom. The van der Waals surface area contributed by atoms with Gasteiger partial charge in [-0.3, -0.25) is 9.69 Å². The first-order chi connectivity index (χ1) is 14.1. The lowest BCUT2D eigenvalue weighted by Gasteiger charge is -2.35. The summed E-state index contributed by atoms with van der Waals surface area (Å²) in [6, 6.07) is 13.3. The topological polar surface area (TPSA) is 60.0 Å². The lowest BCUT2D eigenvalue weighted by molar-refractivity contribution is -0.120. The van der Waals surface area contributed by atoms with Crippen LogP contribution in [0.2, 0.25) is 5.02 Å². The molecule has 0 aliphatic carbocycles. The van der Waals surface area contributed by atoms with Crippen molar-refractivity contribution in [2.45, 2.75) is 12.5 Å². The highest BCUT2D eigenvalue weighted by Gasteiger charge is 2.24. The van der Waals surface area contributed by atoms with Gasteiger partial charge in [-0.05, 0) is 35.4 Å². The van der Waals surface area contributed by atoms with E-state index < -0.39 is 0 Å². The standard InChI is InChI=1S/C22H27ClN2O4/c1-27-20-8-5-17(14-21(20)28-2)19(25-9-11-29-12-10-25)15-24-22(26)13-16-3-6-18(23)7-4-16/h3-8,14,19H,9-13,15H2,1-2H3,(H,24,26). The first-order valence-electron chi connectivity index (χ1n) is 9.65. The zero-order valence-corrected chi connectivity index (χ0v) is 17.6. The number of carbonyl (C=O) groups is 1. The van der Waals surface area contributed by atoms with Crippen molar-refractivity contribution in [1.82, 2.24) is 10.2 Å². The predicted octanol–water partition coefficient (Wildman–Crippen LogP) is 3.09. The lowest BCUT2D eigenvalue weighted by atomic mass is 10.0. The van der Waals surface area contributed by atoms with Gasteiger partial charge in [0, 0.05) is 24.7 Å². The summed E-state index contributed by atoms with van der Waals surface area (Å²) in [7, 11) is 3.24. The van der Waals surface area contributed by atoms with E-state index in [2.05, 4.69) is 10.2 Å². The molecular weight excluding hydrogens is 392 g/mol. The monoisotopic (exact) mass is 418 g/mol. The molecule has 2 aromatic rings. The fourth-order valence-electron chi connectivity index (χ4n) is 3.47. The van der Waals surface area contributed by atoms with Crippen molar-refractivity contribution in [2.75, 3.05) is 47.1 Å². The molecule has 1 aliphatic heterocycles. The molecule has 1 atom stereocenters. The number of morpholine rings is 1. The number of nitrogens with zero attached hydrogens (tertiary/aromatic N) is 1. The SMILES string of the molecule is COc1ccc(C(CNC(=O)Cc2ccc(Cl)cc2)N2CCOCC2)cc1OC. The van der Waals surface area contributed by atoms with Gasteiger partial charge < -0.3 is 19.5 Å². The number of nitrogens with one attached hydrogen (secondary N) is 1. The van der Waals surface area contributed by atoms with Crippen LogP contribution in [-0.2, 0) is 16.0 Å². The zero-order valence-electron chi connectivity index (χ0n) is 16.8. The summed E-state index contributed by atoms with van der Waals surface area (Å²) in [5.41, 5.74) is 2.00. The van der Waals surface area contributed by atoms with Crippen molar-refractivity contribution in [2.24, 2.45) is 0 Å². The molecule has 1 aliphatic rings. The zero-order chi connectivity index (χ0) is 20.6. The van der Waals surface area contributed by atoms with E-state index in [4.69, 9.17) is 25.8 Å². The number of ether oxygens (including phenoxy) is 3. The number of carbonyl (C=O) groups excluding carboxylic acids is 1. The first-order valence-corrected chi connectivity index (χ1v) is 10.0. The van der Waals surface area contributed by atoms with Gasteiger partial charge in [0.2, 0.25) is 5.91 Å². The highest BCUT2D eigenvalue weighted by Crippen LogP contribution is 2.32. The summed E-state index contributed by atoms with van der Waals surface area (Å²) in [4.78, 5) is 14.8. The molecule has 0 spiro atoms. The van der Waals surface area contributed by atoms with Crippen LogP contribution in [0, 0.1) is 0 Å². The third-order valence-electron chi connectivity index (χ3n) is 5.05. The van der Waals surface area contributed by atoms with Gasteiger partial charge >= 0.3 is 0 Å². The number of hydrogen-bond acceptors (Lipinski definition) is 5. The molecule has 3 rings (SSSR count). The molecule has 29 heavy (non-hydrogen) atoms. The van der Waals surface area contributed by atoms with Crippen LogP contribution in [0.25, 0.3) is 0 Å². The summed E-state index contributed by atoms with van der Waals surface area (Å²) >= 11 is 5.92. The molecule has 1 heterocycles. The molecule has 2 aromatic carbocycles. The Balaban J connectivity index is 1.71.